The first-order chi connectivity index (χ1) is 19.5. The first kappa shape index (κ1) is 30.3. The van der Waals surface area contributed by atoms with Crippen molar-refractivity contribution in [2.24, 2.45) is 0 Å². The average molecular weight is 559 g/mol. The van der Waals surface area contributed by atoms with Crippen LogP contribution in [0.1, 0.15) is 64.5 Å². The van der Waals surface area contributed by atoms with E-state index in [4.69, 9.17) is 9.84 Å². The quantitative estimate of drug-likeness (QED) is 0.243. The summed E-state index contributed by atoms with van der Waals surface area (Å²) < 4.78 is 7.26. The second kappa shape index (κ2) is 12.9. The lowest BCUT2D eigenvalue weighted by atomic mass is 9.81. The molecule has 0 aliphatic carbocycles. The van der Waals surface area contributed by atoms with Crippen molar-refractivity contribution in [1.82, 2.24) is 5.32 Å². The molecule has 0 saturated carbocycles. The number of ether oxygens (including phenoxy) is 1. The molecule has 0 atom stereocenters. The van der Waals surface area contributed by atoms with Gasteiger partial charge in [0.2, 0.25) is 11.6 Å². The molecule has 2 aliphatic rings. The van der Waals surface area contributed by atoms with Crippen LogP contribution in [0.3, 0.4) is 0 Å². The molecule has 0 unspecified atom stereocenters. The third-order valence-corrected chi connectivity index (χ3v) is 8.33. The van der Waals surface area contributed by atoms with E-state index in [0.29, 0.717) is 13.0 Å². The highest BCUT2D eigenvalue weighted by molar-refractivity contribution is 6.03. The molecule has 0 aromatic heterocycles. The third kappa shape index (κ3) is 6.62. The van der Waals surface area contributed by atoms with Gasteiger partial charge in [-0.05, 0) is 44.4 Å². The van der Waals surface area contributed by atoms with Gasteiger partial charge in [-0.3, -0.25) is 4.79 Å². The van der Waals surface area contributed by atoms with E-state index in [2.05, 4.69) is 116 Å². The summed E-state index contributed by atoms with van der Waals surface area (Å²) in [4.78, 5) is 25.0. The zero-order valence-electron chi connectivity index (χ0n) is 25.1. The Labute approximate surface area is 244 Å². The number of carbonyl (C=O) groups is 2. The first-order valence-electron chi connectivity index (χ1n) is 14.6. The molecule has 0 saturated heterocycles. The van der Waals surface area contributed by atoms with E-state index >= 15 is 0 Å². The van der Waals surface area contributed by atoms with Crippen LogP contribution in [0, 0.1) is 0 Å². The summed E-state index contributed by atoms with van der Waals surface area (Å²) in [5.41, 5.74) is 7.59. The van der Waals surface area contributed by atoms with Crippen molar-refractivity contribution < 1.29 is 24.0 Å². The molecule has 2 aromatic carbocycles. The molecule has 0 radical (unpaired) electrons. The van der Waals surface area contributed by atoms with Crippen molar-refractivity contribution in [1.29, 1.82) is 0 Å². The Morgan fingerprint density at radius 1 is 0.976 bits per heavy atom. The van der Waals surface area contributed by atoms with Gasteiger partial charge in [-0.1, -0.05) is 62.7 Å². The number of rotatable bonds is 13. The van der Waals surface area contributed by atoms with Gasteiger partial charge in [-0.2, -0.15) is 4.58 Å². The fraction of sp³-hybridized carbons (Fsp3) is 0.441. The van der Waals surface area contributed by atoms with E-state index < -0.39 is 5.97 Å². The standard InChI is InChI=1S/C34H43N3O4/c1-33(2)25-14-8-10-16-27(25)36(5)29(33)18-13-19-30-34(3,4)26-15-9-11-17-28(26)37(30)22-12-6-7-20-31(38)35-21-23-41-24-32(39)40/h8-11,13-19H,6-7,12,20-24H2,1-5H3,(H-,35,38,39,40)/p+1. The van der Waals surface area contributed by atoms with Crippen molar-refractivity contribution in [3.63, 3.8) is 0 Å². The number of para-hydroxylation sites is 2. The van der Waals surface area contributed by atoms with Crippen LogP contribution in [0.15, 0.2) is 72.5 Å². The molecule has 2 aliphatic heterocycles. The predicted octanol–water partition coefficient (Wildman–Crippen LogP) is 5.71. The Bertz CT molecular complexity index is 1370. The molecule has 7 nitrogen and oxygen atoms in total. The van der Waals surface area contributed by atoms with Crippen molar-refractivity contribution >= 4 is 29.0 Å². The second-order valence-corrected chi connectivity index (χ2v) is 11.9. The predicted molar refractivity (Wildman–Crippen MR) is 164 cm³/mol. The Morgan fingerprint density at radius 3 is 2.41 bits per heavy atom. The number of amides is 1. The molecule has 0 fully saturated rings. The zero-order valence-corrected chi connectivity index (χ0v) is 25.1. The minimum atomic E-state index is -1.01. The number of carbonyl (C=O) groups excluding carboxylic acids is 1. The van der Waals surface area contributed by atoms with E-state index in [1.54, 1.807) is 0 Å². The summed E-state index contributed by atoms with van der Waals surface area (Å²) in [5, 5.41) is 11.4. The number of anilines is 1. The Morgan fingerprint density at radius 2 is 1.68 bits per heavy atom. The number of benzene rings is 2. The molecule has 41 heavy (non-hydrogen) atoms. The molecule has 2 heterocycles. The summed E-state index contributed by atoms with van der Waals surface area (Å²) in [6, 6.07) is 17.3. The monoisotopic (exact) mass is 558 g/mol. The van der Waals surface area contributed by atoms with Gasteiger partial charge in [-0.15, -0.1) is 0 Å². The highest BCUT2D eigenvalue weighted by Gasteiger charge is 2.43. The molecule has 7 heteroatoms. The van der Waals surface area contributed by atoms with E-state index in [0.717, 1.165) is 25.8 Å². The number of allylic oxidation sites excluding steroid dienone is 4. The molecule has 4 rings (SSSR count). The van der Waals surface area contributed by atoms with E-state index in [1.165, 1.54) is 33.9 Å². The molecule has 1 amide bonds. The fourth-order valence-corrected chi connectivity index (χ4v) is 6.16. The summed E-state index contributed by atoms with van der Waals surface area (Å²) in [6.45, 7) is 10.2. The largest absolute Gasteiger partial charge is 0.480 e. The van der Waals surface area contributed by atoms with Gasteiger partial charge in [0.1, 0.15) is 13.7 Å². The molecule has 0 bridgehead atoms. The van der Waals surface area contributed by atoms with Crippen LogP contribution < -0.4 is 10.2 Å². The van der Waals surface area contributed by atoms with Gasteiger partial charge < -0.3 is 20.1 Å². The number of nitrogens with zero attached hydrogens (tertiary/aromatic N) is 2. The molecular weight excluding hydrogens is 514 g/mol. The number of nitrogens with one attached hydrogen (secondary N) is 1. The van der Waals surface area contributed by atoms with Crippen LogP contribution in [-0.2, 0) is 25.2 Å². The summed E-state index contributed by atoms with van der Waals surface area (Å²) in [7, 11) is 2.15. The van der Waals surface area contributed by atoms with Crippen LogP contribution in [0.5, 0.6) is 0 Å². The lowest BCUT2D eigenvalue weighted by molar-refractivity contribution is -0.401. The number of hydrogen-bond acceptors (Lipinski definition) is 4. The number of carboxylic acids is 1. The molecule has 2 aromatic rings. The highest BCUT2D eigenvalue weighted by atomic mass is 16.5. The SMILES string of the molecule is C[N+]1=C(/C=C/C=C2/N(CCCCCC(=O)NCCOCC(=O)O)c3ccccc3C2(C)C)C(C)(C)c2ccccc21. The van der Waals surface area contributed by atoms with E-state index in [-0.39, 0.29) is 30.0 Å². The Balaban J connectivity index is 1.39. The van der Waals surface area contributed by atoms with Crippen molar-refractivity contribution in [3.8, 4) is 0 Å². The number of unbranched alkanes of at least 4 members (excludes halogenated alkanes) is 2. The maximum absolute atomic E-state index is 12.1. The third-order valence-electron chi connectivity index (χ3n) is 8.33. The topological polar surface area (TPSA) is 81.9 Å². The lowest BCUT2D eigenvalue weighted by Gasteiger charge is -2.27. The summed E-state index contributed by atoms with van der Waals surface area (Å²) in [6.07, 6.45) is 9.93. The minimum Gasteiger partial charge on any atom is -0.480 e. The average Bonchev–Trinajstić information content (AvgIpc) is 3.27. The van der Waals surface area contributed by atoms with Crippen LogP contribution >= 0.6 is 0 Å². The molecule has 2 N–H and O–H groups in total. The van der Waals surface area contributed by atoms with Crippen molar-refractivity contribution in [2.45, 2.75) is 64.2 Å². The van der Waals surface area contributed by atoms with Gasteiger partial charge in [0.15, 0.2) is 5.71 Å². The Kier molecular flexibility index (Phi) is 9.49. The maximum atomic E-state index is 12.1. The van der Waals surface area contributed by atoms with Gasteiger partial charge in [0.25, 0.3) is 0 Å². The van der Waals surface area contributed by atoms with Crippen molar-refractivity contribution in [2.75, 3.05) is 38.3 Å². The van der Waals surface area contributed by atoms with E-state index in [1.807, 2.05) is 0 Å². The number of carboxylic acid groups (broad SMARTS) is 1. The molecule has 0 spiro atoms. The highest BCUT2D eigenvalue weighted by Crippen LogP contribution is 2.47. The second-order valence-electron chi connectivity index (χ2n) is 11.9. The van der Waals surface area contributed by atoms with E-state index in [9.17, 15) is 9.59 Å². The van der Waals surface area contributed by atoms with Gasteiger partial charge in [0.05, 0.1) is 12.0 Å². The van der Waals surface area contributed by atoms with Gasteiger partial charge in [-0.25, -0.2) is 4.79 Å². The number of hydrogen-bond donors (Lipinski definition) is 2. The fourth-order valence-electron chi connectivity index (χ4n) is 6.16. The smallest absolute Gasteiger partial charge is 0.329 e. The Hall–Kier alpha value is -3.71. The van der Waals surface area contributed by atoms with Crippen LogP contribution in [0.2, 0.25) is 0 Å². The maximum Gasteiger partial charge on any atom is 0.329 e. The van der Waals surface area contributed by atoms with Crippen LogP contribution in [-0.4, -0.2) is 60.6 Å². The summed E-state index contributed by atoms with van der Waals surface area (Å²) in [5.74, 6) is -1.04. The van der Waals surface area contributed by atoms with Crippen LogP contribution in [0.4, 0.5) is 11.4 Å². The van der Waals surface area contributed by atoms with Gasteiger partial charge in [0, 0.05) is 54.0 Å². The van der Waals surface area contributed by atoms with Gasteiger partial charge >= 0.3 is 5.97 Å². The summed E-state index contributed by atoms with van der Waals surface area (Å²) >= 11 is 0. The van der Waals surface area contributed by atoms with Crippen molar-refractivity contribution in [3.05, 3.63) is 83.6 Å². The first-order valence-corrected chi connectivity index (χ1v) is 14.6. The molecule has 218 valence electrons. The molecular formula is C34H44N3O4+. The van der Waals surface area contributed by atoms with Crippen LogP contribution in [0.25, 0.3) is 0 Å². The number of fused-ring (bicyclic) bond motifs is 2. The zero-order chi connectivity index (χ0) is 29.6. The number of aliphatic carboxylic acids is 1. The minimum absolute atomic E-state index is 0.0262. The normalized spacial score (nSPS) is 17.8. The lowest BCUT2D eigenvalue weighted by Crippen LogP contribution is -2.28.